The minimum absolute atomic E-state index is 0.120. The number of rotatable bonds is 8. The molecule has 0 spiro atoms. The SMILES string of the molecule is FC(F)(F)COCCCN1CCN(Cc2nnc(-c3ccc(Cl)cc3)o2)CC1. The highest BCUT2D eigenvalue weighted by atomic mass is 35.5. The molecule has 0 amide bonds. The summed E-state index contributed by atoms with van der Waals surface area (Å²) in [6.07, 6.45) is -3.67. The summed E-state index contributed by atoms with van der Waals surface area (Å²) in [6.45, 7) is 3.60. The van der Waals surface area contributed by atoms with Crippen molar-refractivity contribution in [2.45, 2.75) is 19.1 Å². The first-order valence-electron chi connectivity index (χ1n) is 9.06. The van der Waals surface area contributed by atoms with E-state index in [-0.39, 0.29) is 6.61 Å². The second-order valence-corrected chi connectivity index (χ2v) is 7.08. The Balaban J connectivity index is 1.36. The largest absolute Gasteiger partial charge is 0.419 e. The Morgan fingerprint density at radius 3 is 2.39 bits per heavy atom. The third kappa shape index (κ3) is 6.73. The van der Waals surface area contributed by atoms with E-state index in [4.69, 9.17) is 16.0 Å². The maximum atomic E-state index is 12.0. The zero-order valence-corrected chi connectivity index (χ0v) is 16.0. The topological polar surface area (TPSA) is 54.6 Å². The molecule has 0 unspecified atom stereocenters. The van der Waals surface area contributed by atoms with Crippen LogP contribution >= 0.6 is 11.6 Å². The molecule has 1 saturated heterocycles. The fourth-order valence-corrected chi connectivity index (χ4v) is 3.09. The summed E-state index contributed by atoms with van der Waals surface area (Å²) in [5, 5.41) is 8.83. The molecule has 10 heteroatoms. The van der Waals surface area contributed by atoms with Crippen molar-refractivity contribution < 1.29 is 22.3 Å². The number of hydrogen-bond donors (Lipinski definition) is 0. The molecular weight excluding hydrogens is 397 g/mol. The maximum Gasteiger partial charge on any atom is 0.411 e. The minimum Gasteiger partial charge on any atom is -0.419 e. The predicted molar refractivity (Wildman–Crippen MR) is 98.0 cm³/mol. The monoisotopic (exact) mass is 418 g/mol. The summed E-state index contributed by atoms with van der Waals surface area (Å²) >= 11 is 5.88. The van der Waals surface area contributed by atoms with Gasteiger partial charge in [0.1, 0.15) is 6.61 Å². The minimum atomic E-state index is -4.26. The normalized spacial score (nSPS) is 16.6. The summed E-state index contributed by atoms with van der Waals surface area (Å²) in [7, 11) is 0. The highest BCUT2D eigenvalue weighted by Crippen LogP contribution is 2.21. The van der Waals surface area contributed by atoms with Crippen LogP contribution in [0.15, 0.2) is 28.7 Å². The summed E-state index contributed by atoms with van der Waals surface area (Å²) in [6, 6.07) is 7.20. The van der Waals surface area contributed by atoms with Crippen LogP contribution in [-0.2, 0) is 11.3 Å². The molecule has 154 valence electrons. The van der Waals surface area contributed by atoms with E-state index in [1.807, 2.05) is 12.1 Å². The molecule has 0 saturated carbocycles. The third-order valence-corrected chi connectivity index (χ3v) is 4.66. The lowest BCUT2D eigenvalue weighted by Crippen LogP contribution is -2.46. The van der Waals surface area contributed by atoms with Crippen LogP contribution in [-0.4, -0.2) is 72.1 Å². The number of aromatic nitrogens is 2. The van der Waals surface area contributed by atoms with E-state index in [0.717, 1.165) is 38.3 Å². The molecule has 1 aliphatic rings. The maximum absolute atomic E-state index is 12.0. The van der Waals surface area contributed by atoms with Crippen molar-refractivity contribution in [1.29, 1.82) is 0 Å². The van der Waals surface area contributed by atoms with Crippen LogP contribution < -0.4 is 0 Å². The smallest absolute Gasteiger partial charge is 0.411 e. The van der Waals surface area contributed by atoms with Gasteiger partial charge in [-0.05, 0) is 30.7 Å². The second-order valence-electron chi connectivity index (χ2n) is 6.65. The highest BCUT2D eigenvalue weighted by Gasteiger charge is 2.27. The number of ether oxygens (including phenoxy) is 1. The zero-order chi connectivity index (χ0) is 20.0. The quantitative estimate of drug-likeness (QED) is 0.612. The van der Waals surface area contributed by atoms with Gasteiger partial charge in [-0.15, -0.1) is 10.2 Å². The van der Waals surface area contributed by atoms with Gasteiger partial charge >= 0.3 is 6.18 Å². The Morgan fingerprint density at radius 1 is 1.04 bits per heavy atom. The molecule has 0 bridgehead atoms. The van der Waals surface area contributed by atoms with E-state index < -0.39 is 12.8 Å². The molecule has 1 fully saturated rings. The van der Waals surface area contributed by atoms with Crippen LogP contribution in [0.25, 0.3) is 11.5 Å². The van der Waals surface area contributed by atoms with Gasteiger partial charge < -0.3 is 14.1 Å². The van der Waals surface area contributed by atoms with E-state index in [2.05, 4.69) is 24.7 Å². The molecule has 2 aromatic rings. The lowest BCUT2D eigenvalue weighted by atomic mass is 10.2. The average Bonchev–Trinajstić information content (AvgIpc) is 3.11. The Bertz CT molecular complexity index is 731. The molecule has 1 aromatic heterocycles. The molecule has 0 aliphatic carbocycles. The van der Waals surface area contributed by atoms with Gasteiger partial charge in [0.25, 0.3) is 0 Å². The molecular formula is C18H22ClF3N4O2. The molecule has 0 radical (unpaired) electrons. The number of alkyl halides is 3. The fourth-order valence-electron chi connectivity index (χ4n) is 2.97. The third-order valence-electron chi connectivity index (χ3n) is 4.41. The molecule has 1 aliphatic heterocycles. The van der Waals surface area contributed by atoms with Crippen LogP contribution in [0.3, 0.4) is 0 Å². The summed E-state index contributed by atoms with van der Waals surface area (Å²) in [5.41, 5.74) is 0.820. The molecule has 3 rings (SSSR count). The van der Waals surface area contributed by atoms with Gasteiger partial charge in [-0.2, -0.15) is 13.2 Å². The summed E-state index contributed by atoms with van der Waals surface area (Å²) in [5.74, 6) is 1.02. The Kier molecular flexibility index (Phi) is 7.28. The molecule has 0 N–H and O–H groups in total. The van der Waals surface area contributed by atoms with E-state index in [9.17, 15) is 13.2 Å². The van der Waals surface area contributed by atoms with Gasteiger partial charge in [-0.25, -0.2) is 0 Å². The average molecular weight is 419 g/mol. The van der Waals surface area contributed by atoms with E-state index in [1.165, 1.54) is 0 Å². The van der Waals surface area contributed by atoms with Crippen molar-refractivity contribution >= 4 is 11.6 Å². The van der Waals surface area contributed by atoms with Crippen LogP contribution in [0.5, 0.6) is 0 Å². The molecule has 28 heavy (non-hydrogen) atoms. The lowest BCUT2D eigenvalue weighted by Gasteiger charge is -2.33. The van der Waals surface area contributed by atoms with Gasteiger partial charge in [0, 0.05) is 49.9 Å². The Morgan fingerprint density at radius 2 is 1.71 bits per heavy atom. The summed E-state index contributed by atoms with van der Waals surface area (Å²) in [4.78, 5) is 4.44. The molecule has 1 aromatic carbocycles. The van der Waals surface area contributed by atoms with Gasteiger partial charge in [0.15, 0.2) is 0 Å². The van der Waals surface area contributed by atoms with Crippen molar-refractivity contribution in [3.05, 3.63) is 35.2 Å². The van der Waals surface area contributed by atoms with Gasteiger partial charge in [-0.1, -0.05) is 11.6 Å². The molecule has 6 nitrogen and oxygen atoms in total. The number of halogens is 4. The summed E-state index contributed by atoms with van der Waals surface area (Å²) < 4.78 is 46.4. The first-order valence-corrected chi connectivity index (χ1v) is 9.44. The van der Waals surface area contributed by atoms with Crippen molar-refractivity contribution in [2.75, 3.05) is 45.9 Å². The Hall–Kier alpha value is -1.68. The lowest BCUT2D eigenvalue weighted by molar-refractivity contribution is -0.174. The number of benzene rings is 1. The van der Waals surface area contributed by atoms with Gasteiger partial charge in [0.05, 0.1) is 6.54 Å². The van der Waals surface area contributed by atoms with Crippen molar-refractivity contribution in [1.82, 2.24) is 20.0 Å². The first-order chi connectivity index (χ1) is 13.4. The highest BCUT2D eigenvalue weighted by molar-refractivity contribution is 6.30. The van der Waals surface area contributed by atoms with Gasteiger partial charge in [0.2, 0.25) is 11.8 Å². The fraction of sp³-hybridized carbons (Fsp3) is 0.556. The van der Waals surface area contributed by atoms with Crippen LogP contribution in [0.2, 0.25) is 5.02 Å². The van der Waals surface area contributed by atoms with Crippen molar-refractivity contribution in [3.8, 4) is 11.5 Å². The number of piperazine rings is 1. The second kappa shape index (κ2) is 9.69. The standard InChI is InChI=1S/C18H22ClF3N4O2/c19-15-4-2-14(3-5-15)17-24-23-16(28-17)12-26-9-7-25(8-10-26)6-1-11-27-13-18(20,21)22/h2-5H,1,6-13H2. The Labute approximate surface area is 166 Å². The van der Waals surface area contributed by atoms with E-state index in [0.29, 0.717) is 29.8 Å². The van der Waals surface area contributed by atoms with Crippen LogP contribution in [0, 0.1) is 0 Å². The van der Waals surface area contributed by atoms with Crippen LogP contribution in [0.1, 0.15) is 12.3 Å². The van der Waals surface area contributed by atoms with Crippen molar-refractivity contribution in [3.63, 3.8) is 0 Å². The van der Waals surface area contributed by atoms with E-state index >= 15 is 0 Å². The molecule has 0 atom stereocenters. The first kappa shape index (κ1) is 21.0. The zero-order valence-electron chi connectivity index (χ0n) is 15.3. The number of nitrogens with zero attached hydrogens (tertiary/aromatic N) is 4. The molecule has 2 heterocycles. The number of hydrogen-bond acceptors (Lipinski definition) is 6. The van der Waals surface area contributed by atoms with Gasteiger partial charge in [-0.3, -0.25) is 4.90 Å². The van der Waals surface area contributed by atoms with Crippen LogP contribution in [0.4, 0.5) is 13.2 Å². The predicted octanol–water partition coefficient (Wildman–Crippen LogP) is 3.48. The van der Waals surface area contributed by atoms with E-state index in [1.54, 1.807) is 12.1 Å². The van der Waals surface area contributed by atoms with Crippen molar-refractivity contribution in [2.24, 2.45) is 0 Å².